The number of unbranched alkanes of at least 4 members (excludes halogenated alkanes) is 1. The summed E-state index contributed by atoms with van der Waals surface area (Å²) in [4.78, 5) is 0. The van der Waals surface area contributed by atoms with Gasteiger partial charge in [0.2, 0.25) is 0 Å². The molecular formula is C22H22. The zero-order valence-electron chi connectivity index (χ0n) is 13.1. The molecule has 0 aliphatic heterocycles. The summed E-state index contributed by atoms with van der Waals surface area (Å²) in [5.41, 5.74) is 6.54. The van der Waals surface area contributed by atoms with Crippen molar-refractivity contribution in [3.05, 3.63) is 84.4 Å². The van der Waals surface area contributed by atoms with Gasteiger partial charge in [-0.15, -0.1) is 0 Å². The first-order chi connectivity index (χ1) is 10.9. The largest absolute Gasteiger partial charge is 0.0654 e. The fourth-order valence-electron chi connectivity index (χ4n) is 2.73. The molecule has 0 atom stereocenters. The Hall–Kier alpha value is -2.34. The standard InChI is InChI=1S/C22H22/c1-2-3-7-18-10-12-20(13-11-18)22-16-14-21(15-17-22)19-8-5-4-6-9-19/h4-6,8-17H,2-3,7H2,1H3. The summed E-state index contributed by atoms with van der Waals surface area (Å²) in [6, 6.07) is 28.3. The summed E-state index contributed by atoms with van der Waals surface area (Å²) in [6.07, 6.45) is 3.71. The van der Waals surface area contributed by atoms with E-state index in [0.29, 0.717) is 0 Å². The molecule has 0 aromatic heterocycles. The Morgan fingerprint density at radius 2 is 1.00 bits per heavy atom. The van der Waals surface area contributed by atoms with Gasteiger partial charge in [-0.3, -0.25) is 0 Å². The number of benzene rings is 3. The van der Waals surface area contributed by atoms with E-state index in [4.69, 9.17) is 0 Å². The monoisotopic (exact) mass is 286 g/mol. The lowest BCUT2D eigenvalue weighted by molar-refractivity contribution is 0.795. The first-order valence-electron chi connectivity index (χ1n) is 8.11. The molecule has 0 unspecified atom stereocenters. The van der Waals surface area contributed by atoms with Crippen LogP contribution in [0, 0.1) is 0 Å². The molecule has 0 heterocycles. The minimum atomic E-state index is 1.18. The number of hydrogen-bond acceptors (Lipinski definition) is 0. The topological polar surface area (TPSA) is 0 Å². The van der Waals surface area contributed by atoms with Gasteiger partial charge < -0.3 is 0 Å². The second-order valence-corrected chi connectivity index (χ2v) is 5.74. The van der Waals surface area contributed by atoms with Gasteiger partial charge in [-0.25, -0.2) is 0 Å². The maximum absolute atomic E-state index is 2.26. The zero-order chi connectivity index (χ0) is 15.2. The Morgan fingerprint density at radius 1 is 0.545 bits per heavy atom. The van der Waals surface area contributed by atoms with Crippen molar-refractivity contribution < 1.29 is 0 Å². The molecule has 0 nitrogen and oxygen atoms in total. The van der Waals surface area contributed by atoms with Crippen LogP contribution in [0.3, 0.4) is 0 Å². The molecule has 0 fully saturated rings. The second kappa shape index (κ2) is 7.09. The molecule has 110 valence electrons. The van der Waals surface area contributed by atoms with Crippen LogP contribution in [0.1, 0.15) is 25.3 Å². The van der Waals surface area contributed by atoms with E-state index < -0.39 is 0 Å². The molecule has 0 aliphatic carbocycles. The molecule has 0 aliphatic rings. The molecule has 22 heavy (non-hydrogen) atoms. The first kappa shape index (κ1) is 14.6. The second-order valence-electron chi connectivity index (χ2n) is 5.74. The molecule has 0 saturated heterocycles. The summed E-state index contributed by atoms with van der Waals surface area (Å²) in [5, 5.41) is 0. The smallest absolute Gasteiger partial charge is 0.0184 e. The van der Waals surface area contributed by atoms with Crippen LogP contribution >= 0.6 is 0 Å². The highest BCUT2D eigenvalue weighted by molar-refractivity contribution is 5.70. The summed E-state index contributed by atoms with van der Waals surface area (Å²) < 4.78 is 0. The van der Waals surface area contributed by atoms with Crippen LogP contribution in [0.4, 0.5) is 0 Å². The lowest BCUT2D eigenvalue weighted by atomic mass is 9.99. The molecular weight excluding hydrogens is 264 g/mol. The number of aryl methyl sites for hydroxylation is 1. The molecule has 0 heteroatoms. The number of hydrogen-bond donors (Lipinski definition) is 0. The number of rotatable bonds is 5. The van der Waals surface area contributed by atoms with Crippen molar-refractivity contribution in [3.63, 3.8) is 0 Å². The predicted octanol–water partition coefficient (Wildman–Crippen LogP) is 6.36. The predicted molar refractivity (Wildman–Crippen MR) is 95.9 cm³/mol. The van der Waals surface area contributed by atoms with Gasteiger partial charge in [-0.05, 0) is 40.7 Å². The van der Waals surface area contributed by atoms with Crippen molar-refractivity contribution in [2.75, 3.05) is 0 Å². The van der Waals surface area contributed by atoms with Gasteiger partial charge in [-0.2, -0.15) is 0 Å². The third-order valence-corrected chi connectivity index (χ3v) is 4.10. The van der Waals surface area contributed by atoms with Crippen LogP contribution in [-0.2, 0) is 6.42 Å². The Labute approximate surface area is 133 Å². The van der Waals surface area contributed by atoms with Gasteiger partial charge in [0.15, 0.2) is 0 Å². The van der Waals surface area contributed by atoms with Crippen LogP contribution in [0.2, 0.25) is 0 Å². The lowest BCUT2D eigenvalue weighted by Crippen LogP contribution is -1.85. The maximum atomic E-state index is 2.26. The van der Waals surface area contributed by atoms with E-state index in [1.165, 1.54) is 47.1 Å². The molecule has 0 saturated carbocycles. The Bertz CT molecular complexity index is 691. The Balaban J connectivity index is 1.78. The molecule has 3 aromatic rings. The summed E-state index contributed by atoms with van der Waals surface area (Å²) >= 11 is 0. The molecule has 0 N–H and O–H groups in total. The minimum absolute atomic E-state index is 1.18. The summed E-state index contributed by atoms with van der Waals surface area (Å²) in [6.45, 7) is 2.24. The van der Waals surface area contributed by atoms with Crippen LogP contribution < -0.4 is 0 Å². The van der Waals surface area contributed by atoms with Gasteiger partial charge >= 0.3 is 0 Å². The van der Waals surface area contributed by atoms with Crippen molar-refractivity contribution >= 4 is 0 Å². The fraction of sp³-hybridized carbons (Fsp3) is 0.182. The van der Waals surface area contributed by atoms with Crippen molar-refractivity contribution in [1.29, 1.82) is 0 Å². The third-order valence-electron chi connectivity index (χ3n) is 4.10. The SMILES string of the molecule is CCCCc1ccc(-c2ccc(-c3ccccc3)cc2)cc1. The van der Waals surface area contributed by atoms with Gasteiger partial charge in [-0.1, -0.05) is 92.2 Å². The highest BCUT2D eigenvalue weighted by Gasteiger charge is 2.00. The lowest BCUT2D eigenvalue weighted by Gasteiger charge is -2.06. The van der Waals surface area contributed by atoms with E-state index in [-0.39, 0.29) is 0 Å². The third kappa shape index (κ3) is 3.46. The van der Waals surface area contributed by atoms with Crippen molar-refractivity contribution in [2.45, 2.75) is 26.2 Å². The van der Waals surface area contributed by atoms with Crippen molar-refractivity contribution in [2.24, 2.45) is 0 Å². The van der Waals surface area contributed by atoms with Crippen molar-refractivity contribution in [3.8, 4) is 22.3 Å². The van der Waals surface area contributed by atoms with Crippen LogP contribution in [0.25, 0.3) is 22.3 Å². The summed E-state index contributed by atoms with van der Waals surface area (Å²) in [7, 11) is 0. The molecule has 3 rings (SSSR count). The first-order valence-corrected chi connectivity index (χ1v) is 8.11. The summed E-state index contributed by atoms with van der Waals surface area (Å²) in [5.74, 6) is 0. The molecule has 0 amide bonds. The van der Waals surface area contributed by atoms with E-state index in [1.54, 1.807) is 0 Å². The van der Waals surface area contributed by atoms with Crippen molar-refractivity contribution in [1.82, 2.24) is 0 Å². The van der Waals surface area contributed by atoms with Gasteiger partial charge in [0.25, 0.3) is 0 Å². The van der Waals surface area contributed by atoms with E-state index >= 15 is 0 Å². The van der Waals surface area contributed by atoms with Gasteiger partial charge in [0.05, 0.1) is 0 Å². The Kier molecular flexibility index (Phi) is 4.70. The Morgan fingerprint density at radius 3 is 1.50 bits per heavy atom. The van der Waals surface area contributed by atoms with E-state index in [2.05, 4.69) is 85.8 Å². The molecule has 0 bridgehead atoms. The quantitative estimate of drug-likeness (QED) is 0.511. The van der Waals surface area contributed by atoms with E-state index in [1.807, 2.05) is 0 Å². The molecule has 0 radical (unpaired) electrons. The average Bonchev–Trinajstić information content (AvgIpc) is 2.61. The maximum Gasteiger partial charge on any atom is -0.0184 e. The van der Waals surface area contributed by atoms with E-state index in [9.17, 15) is 0 Å². The van der Waals surface area contributed by atoms with Crippen LogP contribution in [0.15, 0.2) is 78.9 Å². The zero-order valence-corrected chi connectivity index (χ0v) is 13.1. The van der Waals surface area contributed by atoms with Crippen LogP contribution in [0.5, 0.6) is 0 Å². The average molecular weight is 286 g/mol. The van der Waals surface area contributed by atoms with Gasteiger partial charge in [0, 0.05) is 0 Å². The van der Waals surface area contributed by atoms with Crippen LogP contribution in [-0.4, -0.2) is 0 Å². The highest BCUT2D eigenvalue weighted by Crippen LogP contribution is 2.25. The molecule has 3 aromatic carbocycles. The highest BCUT2D eigenvalue weighted by atomic mass is 14.1. The molecule has 0 spiro atoms. The minimum Gasteiger partial charge on any atom is -0.0654 e. The fourth-order valence-corrected chi connectivity index (χ4v) is 2.73. The van der Waals surface area contributed by atoms with E-state index in [0.717, 1.165) is 0 Å². The normalized spacial score (nSPS) is 10.6. The van der Waals surface area contributed by atoms with Gasteiger partial charge in [0.1, 0.15) is 0 Å².